The lowest BCUT2D eigenvalue weighted by Crippen LogP contribution is -2.21. The average molecular weight is 220 g/mol. The van der Waals surface area contributed by atoms with Gasteiger partial charge in [-0.25, -0.2) is 8.42 Å². The summed E-state index contributed by atoms with van der Waals surface area (Å²) < 4.78 is 22.3. The molecule has 4 nitrogen and oxygen atoms in total. The second-order valence-corrected chi connectivity index (χ2v) is 4.59. The molecule has 0 spiro atoms. The zero-order valence-corrected chi connectivity index (χ0v) is 7.97. The molecular formula is C7H6ClNO3S. The van der Waals surface area contributed by atoms with Crippen molar-refractivity contribution in [2.45, 2.75) is 4.90 Å². The van der Waals surface area contributed by atoms with E-state index in [9.17, 15) is 13.2 Å². The van der Waals surface area contributed by atoms with Gasteiger partial charge in [0.2, 0.25) is 0 Å². The van der Waals surface area contributed by atoms with Crippen molar-refractivity contribution >= 4 is 26.7 Å². The molecule has 0 aromatic heterocycles. The van der Waals surface area contributed by atoms with Gasteiger partial charge >= 0.3 is 5.24 Å². The fourth-order valence-corrected chi connectivity index (χ4v) is 1.58. The number of nitrogens with two attached hydrogens (primary N) is 1. The van der Waals surface area contributed by atoms with E-state index in [1.807, 2.05) is 0 Å². The van der Waals surface area contributed by atoms with Crippen LogP contribution in [0.1, 0.15) is 0 Å². The van der Waals surface area contributed by atoms with Crippen LogP contribution in [0, 0.1) is 0 Å². The van der Waals surface area contributed by atoms with Crippen LogP contribution >= 0.6 is 11.6 Å². The maximum Gasteiger partial charge on any atom is 0.338 e. The van der Waals surface area contributed by atoms with Gasteiger partial charge in [-0.2, -0.15) is 0 Å². The summed E-state index contributed by atoms with van der Waals surface area (Å²) >= 11 is 5.53. The first kappa shape index (κ1) is 10.0. The molecular weight excluding hydrogens is 214 g/mol. The maximum atomic E-state index is 11.1. The van der Waals surface area contributed by atoms with Crippen molar-refractivity contribution in [3.63, 3.8) is 0 Å². The predicted molar refractivity (Wildman–Crippen MR) is 48.2 cm³/mol. The SMILES string of the molecule is NC(=O)S(=O)(=O)c1ccc(Cl)cc1. The zero-order valence-electron chi connectivity index (χ0n) is 6.40. The van der Waals surface area contributed by atoms with Gasteiger partial charge in [0.1, 0.15) is 0 Å². The van der Waals surface area contributed by atoms with Gasteiger partial charge < -0.3 is 5.73 Å². The van der Waals surface area contributed by atoms with E-state index in [0.29, 0.717) is 5.02 Å². The maximum absolute atomic E-state index is 11.1. The number of rotatable bonds is 1. The Morgan fingerprint density at radius 3 is 2.08 bits per heavy atom. The smallest absolute Gasteiger partial charge is 0.338 e. The highest BCUT2D eigenvalue weighted by atomic mass is 35.5. The molecule has 13 heavy (non-hydrogen) atoms. The second-order valence-electron chi connectivity index (χ2n) is 2.28. The molecule has 0 fully saturated rings. The molecule has 1 rings (SSSR count). The van der Waals surface area contributed by atoms with Gasteiger partial charge in [-0.1, -0.05) is 11.6 Å². The first-order valence-corrected chi connectivity index (χ1v) is 5.11. The van der Waals surface area contributed by atoms with Crippen LogP contribution in [0.25, 0.3) is 0 Å². The quantitative estimate of drug-likeness (QED) is 0.771. The number of sulfone groups is 1. The van der Waals surface area contributed by atoms with Crippen molar-refractivity contribution in [3.8, 4) is 0 Å². The number of carbonyl (C=O) groups excluding carboxylic acids is 1. The van der Waals surface area contributed by atoms with Crippen LogP contribution in [0.15, 0.2) is 29.2 Å². The Hall–Kier alpha value is -1.07. The molecule has 0 heterocycles. The van der Waals surface area contributed by atoms with E-state index >= 15 is 0 Å². The molecule has 0 aliphatic heterocycles. The highest BCUT2D eigenvalue weighted by molar-refractivity contribution is 8.06. The molecule has 0 aliphatic rings. The molecule has 0 radical (unpaired) electrons. The third kappa shape index (κ3) is 1.99. The summed E-state index contributed by atoms with van der Waals surface area (Å²) in [7, 11) is -4.01. The standard InChI is InChI=1S/C7H6ClNO3S/c8-5-1-3-6(4-2-5)13(11,12)7(9)10/h1-4H,(H2,9,10). The number of carbonyl (C=O) groups is 1. The lowest BCUT2D eigenvalue weighted by Gasteiger charge is -1.98. The third-order valence-corrected chi connectivity index (χ3v) is 3.06. The van der Waals surface area contributed by atoms with E-state index in [0.717, 1.165) is 0 Å². The van der Waals surface area contributed by atoms with Gasteiger partial charge in [-0.15, -0.1) is 0 Å². The van der Waals surface area contributed by atoms with Gasteiger partial charge in [0, 0.05) is 5.02 Å². The van der Waals surface area contributed by atoms with Gasteiger partial charge in [-0.05, 0) is 24.3 Å². The van der Waals surface area contributed by atoms with Gasteiger partial charge in [0.05, 0.1) is 4.90 Å². The Morgan fingerprint density at radius 1 is 1.23 bits per heavy atom. The molecule has 0 aliphatic carbocycles. The molecule has 2 N–H and O–H groups in total. The molecule has 1 amide bonds. The topological polar surface area (TPSA) is 77.2 Å². The van der Waals surface area contributed by atoms with E-state index in [2.05, 4.69) is 5.73 Å². The number of primary amides is 1. The second kappa shape index (κ2) is 3.35. The first-order valence-electron chi connectivity index (χ1n) is 3.24. The monoisotopic (exact) mass is 219 g/mol. The molecule has 6 heteroatoms. The fraction of sp³-hybridized carbons (Fsp3) is 0. The molecule has 0 atom stereocenters. The minimum atomic E-state index is -4.01. The van der Waals surface area contributed by atoms with Crippen molar-refractivity contribution in [1.82, 2.24) is 0 Å². The largest absolute Gasteiger partial charge is 0.356 e. The summed E-state index contributed by atoms with van der Waals surface area (Å²) in [5.41, 5.74) is 4.68. The molecule has 1 aromatic carbocycles. The highest BCUT2D eigenvalue weighted by Crippen LogP contribution is 2.14. The minimum Gasteiger partial charge on any atom is -0.356 e. The van der Waals surface area contributed by atoms with E-state index < -0.39 is 15.1 Å². The summed E-state index contributed by atoms with van der Waals surface area (Å²) in [6, 6.07) is 5.19. The van der Waals surface area contributed by atoms with Crippen LogP contribution in [-0.4, -0.2) is 13.7 Å². The van der Waals surface area contributed by atoms with Crippen LogP contribution in [0.3, 0.4) is 0 Å². The Bertz CT molecular complexity index is 424. The van der Waals surface area contributed by atoms with Crippen LogP contribution in [0.4, 0.5) is 4.79 Å². The van der Waals surface area contributed by atoms with Crippen molar-refractivity contribution < 1.29 is 13.2 Å². The van der Waals surface area contributed by atoms with E-state index in [1.165, 1.54) is 24.3 Å². The van der Waals surface area contributed by atoms with Crippen LogP contribution in [0.2, 0.25) is 5.02 Å². The zero-order chi connectivity index (χ0) is 10.1. The molecule has 0 saturated heterocycles. The number of halogens is 1. The Balaban J connectivity index is 3.25. The highest BCUT2D eigenvalue weighted by Gasteiger charge is 2.20. The lowest BCUT2D eigenvalue weighted by atomic mass is 10.4. The van der Waals surface area contributed by atoms with Crippen molar-refractivity contribution in [3.05, 3.63) is 29.3 Å². The summed E-state index contributed by atoms with van der Waals surface area (Å²) in [5, 5.41) is -0.974. The van der Waals surface area contributed by atoms with Crippen LogP contribution < -0.4 is 5.73 Å². The van der Waals surface area contributed by atoms with Crippen molar-refractivity contribution in [2.75, 3.05) is 0 Å². The fourth-order valence-electron chi connectivity index (χ4n) is 0.730. The summed E-state index contributed by atoms with van der Waals surface area (Å²) in [4.78, 5) is 10.4. The van der Waals surface area contributed by atoms with Gasteiger partial charge in [0.15, 0.2) is 0 Å². The summed E-state index contributed by atoms with van der Waals surface area (Å²) in [6.07, 6.45) is 0. The Labute approximate surface area is 80.2 Å². The van der Waals surface area contributed by atoms with E-state index in [-0.39, 0.29) is 4.90 Å². The molecule has 0 unspecified atom stereocenters. The lowest BCUT2D eigenvalue weighted by molar-refractivity contribution is 0.265. The number of amides is 1. The number of hydrogen-bond donors (Lipinski definition) is 1. The van der Waals surface area contributed by atoms with E-state index in [1.54, 1.807) is 0 Å². The van der Waals surface area contributed by atoms with Gasteiger partial charge in [-0.3, -0.25) is 4.79 Å². The third-order valence-electron chi connectivity index (χ3n) is 1.39. The van der Waals surface area contributed by atoms with Crippen LogP contribution in [-0.2, 0) is 9.84 Å². The number of benzene rings is 1. The summed E-state index contributed by atoms with van der Waals surface area (Å²) in [6.45, 7) is 0. The minimum absolute atomic E-state index is 0.149. The average Bonchev–Trinajstić information content (AvgIpc) is 2.04. The molecule has 1 aromatic rings. The number of hydrogen-bond acceptors (Lipinski definition) is 3. The summed E-state index contributed by atoms with van der Waals surface area (Å²) in [5.74, 6) is 0. The molecule has 70 valence electrons. The van der Waals surface area contributed by atoms with Crippen molar-refractivity contribution in [1.29, 1.82) is 0 Å². The Morgan fingerprint density at radius 2 is 1.69 bits per heavy atom. The molecule has 0 bridgehead atoms. The van der Waals surface area contributed by atoms with Gasteiger partial charge in [0.25, 0.3) is 9.84 Å². The molecule has 0 saturated carbocycles. The van der Waals surface area contributed by atoms with Crippen molar-refractivity contribution in [2.24, 2.45) is 5.73 Å². The predicted octanol–water partition coefficient (Wildman–Crippen LogP) is 1.19. The van der Waals surface area contributed by atoms with Crippen LogP contribution in [0.5, 0.6) is 0 Å². The normalized spacial score (nSPS) is 11.2. The first-order chi connectivity index (χ1) is 5.94. The van der Waals surface area contributed by atoms with E-state index in [4.69, 9.17) is 11.6 Å². The Kier molecular flexibility index (Phi) is 2.58.